The highest BCUT2D eigenvalue weighted by atomic mass is 127. The van der Waals surface area contributed by atoms with E-state index < -0.39 is 0 Å². The minimum Gasteiger partial charge on any atom is -0.497 e. The molecule has 0 unspecified atom stereocenters. The molecule has 0 aliphatic heterocycles. The van der Waals surface area contributed by atoms with Gasteiger partial charge in [-0.2, -0.15) is 0 Å². The number of methoxy groups -OCH3 is 1. The molecule has 1 rings (SSSR count). The van der Waals surface area contributed by atoms with Crippen LogP contribution in [0.1, 0.15) is 5.56 Å². The first-order valence-electron chi connectivity index (χ1n) is 3.79. The fourth-order valence-electron chi connectivity index (χ4n) is 1.05. The van der Waals surface area contributed by atoms with E-state index in [-0.39, 0.29) is 0 Å². The molecular weight excluding hydrogens is 279 g/mol. The van der Waals surface area contributed by atoms with Gasteiger partial charge in [0.05, 0.1) is 7.11 Å². The molecule has 70 valence electrons. The topological polar surface area (TPSA) is 45.1 Å². The molecule has 1 aromatic carbocycles. The summed E-state index contributed by atoms with van der Waals surface area (Å²) in [6.07, 6.45) is 0. The summed E-state index contributed by atoms with van der Waals surface area (Å²) in [5, 5.41) is 10.6. The maximum atomic E-state index is 7.54. The van der Waals surface area contributed by atoms with Crippen LogP contribution in [0.25, 0.3) is 0 Å². The maximum absolute atomic E-state index is 7.54. The van der Waals surface area contributed by atoms with Crippen LogP contribution >= 0.6 is 22.6 Å². The Bertz CT molecular complexity index is 325. The van der Waals surface area contributed by atoms with E-state index in [1.807, 2.05) is 47.8 Å². The first-order chi connectivity index (χ1) is 6.19. The second kappa shape index (κ2) is 4.45. The van der Waals surface area contributed by atoms with Gasteiger partial charge in [-0.15, -0.1) is 0 Å². The summed E-state index contributed by atoms with van der Waals surface area (Å²) in [6, 6.07) is 5.62. The summed E-state index contributed by atoms with van der Waals surface area (Å²) < 4.78 is 5.58. The fraction of sp³-hybridized carbons (Fsp3) is 0.222. The first-order valence-corrected chi connectivity index (χ1v) is 4.87. The Kier molecular flexibility index (Phi) is 3.53. The predicted octanol–water partition coefficient (Wildman–Crippen LogP) is 2.50. The van der Waals surface area contributed by atoms with E-state index in [4.69, 9.17) is 10.1 Å². The van der Waals surface area contributed by atoms with Gasteiger partial charge in [0.25, 0.3) is 0 Å². The van der Waals surface area contributed by atoms with E-state index in [1.165, 1.54) is 0 Å². The third kappa shape index (κ3) is 2.33. The molecule has 0 saturated heterocycles. The fourth-order valence-corrected chi connectivity index (χ4v) is 1.50. The highest BCUT2D eigenvalue weighted by molar-refractivity contribution is 14.1. The average molecular weight is 290 g/mol. The van der Waals surface area contributed by atoms with Gasteiger partial charge < -0.3 is 10.1 Å². The van der Waals surface area contributed by atoms with Crippen LogP contribution in [0.3, 0.4) is 0 Å². The minimum atomic E-state index is 0.501. The maximum Gasteiger partial charge on any atom is 0.119 e. The van der Waals surface area contributed by atoms with Crippen molar-refractivity contribution in [3.8, 4) is 5.75 Å². The van der Waals surface area contributed by atoms with Crippen molar-refractivity contribution in [3.05, 3.63) is 23.8 Å². The Labute approximate surface area is 91.1 Å². The molecule has 0 atom stereocenters. The third-order valence-corrected chi connectivity index (χ3v) is 2.31. The van der Waals surface area contributed by atoms with Gasteiger partial charge in [-0.1, -0.05) is 0 Å². The summed E-state index contributed by atoms with van der Waals surface area (Å²) in [4.78, 5) is 0. The zero-order valence-corrected chi connectivity index (χ0v) is 9.68. The zero-order valence-electron chi connectivity index (χ0n) is 7.52. The molecule has 0 spiro atoms. The van der Waals surface area contributed by atoms with Crippen LogP contribution in [0, 0.1) is 5.41 Å². The molecule has 0 amide bonds. The average Bonchev–Trinajstić information content (AvgIpc) is 2.16. The highest BCUT2D eigenvalue weighted by Gasteiger charge is 2.05. The monoisotopic (exact) mass is 290 g/mol. The van der Waals surface area contributed by atoms with Gasteiger partial charge in [0.1, 0.15) is 9.47 Å². The lowest BCUT2D eigenvalue weighted by atomic mass is 10.2. The number of ether oxygens (including phenoxy) is 1. The lowest BCUT2D eigenvalue weighted by Crippen LogP contribution is -1.98. The van der Waals surface area contributed by atoms with E-state index >= 15 is 0 Å². The Hall–Kier alpha value is -0.780. The molecule has 0 saturated carbocycles. The Balaban J connectivity index is 3.18. The molecule has 0 aliphatic rings. The zero-order chi connectivity index (χ0) is 9.84. The SMILES string of the molecule is CNc1ccc(OC)cc1C(=N)I. The summed E-state index contributed by atoms with van der Waals surface area (Å²) in [5.41, 5.74) is 1.81. The normalized spacial score (nSPS) is 9.46. The summed E-state index contributed by atoms with van der Waals surface area (Å²) in [6.45, 7) is 0. The largest absolute Gasteiger partial charge is 0.497 e. The van der Waals surface area contributed by atoms with Crippen LogP contribution in [-0.2, 0) is 0 Å². The molecule has 1 aromatic rings. The van der Waals surface area contributed by atoms with Crippen molar-refractivity contribution >= 4 is 32.0 Å². The van der Waals surface area contributed by atoms with Crippen LogP contribution in [0.5, 0.6) is 5.75 Å². The summed E-state index contributed by atoms with van der Waals surface area (Å²) in [7, 11) is 3.46. The quantitative estimate of drug-likeness (QED) is 0.663. The number of rotatable bonds is 3. The van der Waals surface area contributed by atoms with Crippen molar-refractivity contribution in [2.45, 2.75) is 0 Å². The summed E-state index contributed by atoms with van der Waals surface area (Å²) in [5.74, 6) is 0.774. The van der Waals surface area contributed by atoms with Crippen LogP contribution in [0.15, 0.2) is 18.2 Å². The van der Waals surface area contributed by atoms with Gasteiger partial charge >= 0.3 is 0 Å². The molecule has 0 aliphatic carbocycles. The van der Waals surface area contributed by atoms with Crippen LogP contribution in [0.4, 0.5) is 5.69 Å². The number of hydrogen-bond donors (Lipinski definition) is 2. The Morgan fingerprint density at radius 2 is 2.23 bits per heavy atom. The van der Waals surface area contributed by atoms with Crippen LogP contribution in [-0.4, -0.2) is 17.9 Å². The van der Waals surface area contributed by atoms with Crippen LogP contribution < -0.4 is 10.1 Å². The Morgan fingerprint density at radius 3 is 2.69 bits per heavy atom. The molecule has 0 bridgehead atoms. The number of hydrogen-bond acceptors (Lipinski definition) is 3. The molecule has 0 aromatic heterocycles. The van der Waals surface area contributed by atoms with Gasteiger partial charge in [0, 0.05) is 18.3 Å². The predicted molar refractivity (Wildman–Crippen MR) is 63.4 cm³/mol. The van der Waals surface area contributed by atoms with Crippen molar-refractivity contribution in [3.63, 3.8) is 0 Å². The summed E-state index contributed by atoms with van der Waals surface area (Å²) >= 11 is 1.98. The number of halogens is 1. The van der Waals surface area contributed by atoms with Gasteiger partial charge in [-0.05, 0) is 40.8 Å². The van der Waals surface area contributed by atoms with E-state index in [9.17, 15) is 0 Å². The molecule has 0 heterocycles. The second-order valence-electron chi connectivity index (χ2n) is 2.48. The second-order valence-corrected chi connectivity index (χ2v) is 3.55. The van der Waals surface area contributed by atoms with Crippen LogP contribution in [0.2, 0.25) is 0 Å². The van der Waals surface area contributed by atoms with Gasteiger partial charge in [0.2, 0.25) is 0 Å². The molecule has 0 fully saturated rings. The number of nitrogens with one attached hydrogen (secondary N) is 2. The van der Waals surface area contributed by atoms with E-state index in [0.717, 1.165) is 17.0 Å². The highest BCUT2D eigenvalue weighted by Crippen LogP contribution is 2.23. The van der Waals surface area contributed by atoms with Crippen molar-refractivity contribution in [1.29, 1.82) is 5.41 Å². The Morgan fingerprint density at radius 1 is 1.54 bits per heavy atom. The van der Waals surface area contributed by atoms with E-state index in [2.05, 4.69) is 5.32 Å². The number of benzene rings is 1. The first kappa shape index (κ1) is 10.3. The molecule has 2 N–H and O–H groups in total. The smallest absolute Gasteiger partial charge is 0.119 e. The van der Waals surface area contributed by atoms with Gasteiger partial charge in [0.15, 0.2) is 0 Å². The molecule has 3 nitrogen and oxygen atoms in total. The van der Waals surface area contributed by atoms with Gasteiger partial charge in [-0.25, -0.2) is 0 Å². The molecule has 4 heteroatoms. The number of anilines is 1. The molecule has 13 heavy (non-hydrogen) atoms. The third-order valence-electron chi connectivity index (χ3n) is 1.73. The van der Waals surface area contributed by atoms with E-state index in [0.29, 0.717) is 3.72 Å². The standard InChI is InChI=1S/C9H11IN2O/c1-12-8-4-3-6(13-2)5-7(8)9(10)11/h3-5,11-12H,1-2H3. The lowest BCUT2D eigenvalue weighted by molar-refractivity contribution is 0.415. The van der Waals surface area contributed by atoms with Gasteiger partial charge in [-0.3, -0.25) is 5.41 Å². The van der Waals surface area contributed by atoms with Crippen molar-refractivity contribution < 1.29 is 4.74 Å². The van der Waals surface area contributed by atoms with Crippen molar-refractivity contribution in [2.75, 3.05) is 19.5 Å². The lowest BCUT2D eigenvalue weighted by Gasteiger charge is -2.08. The minimum absolute atomic E-state index is 0.501. The van der Waals surface area contributed by atoms with Crippen molar-refractivity contribution in [2.24, 2.45) is 0 Å². The van der Waals surface area contributed by atoms with E-state index in [1.54, 1.807) is 7.11 Å². The molecule has 0 radical (unpaired) electrons. The molecular formula is C9H11IN2O. The van der Waals surface area contributed by atoms with Crippen molar-refractivity contribution in [1.82, 2.24) is 0 Å².